The standard InChI is InChI=1S/C93H131N9O29S2/c1-8-53(4)85(80(116)40-61(34-58-21-26-65(107)27-22-58)88(126)97-72(33-52(2)3)76(112)38-62(42-83(120)121)87(125)96-54(5)17-14-15-31-94)101-90(128)64(47-103)41-77(113)73(36-59-23-28-66(108)29-24-59)98-89(127)63(43-84(122)123)39-78(114)75(48-104)100-92(130)71(56(7)106)45-79(115)74(35-57-18-11-9-12-19-57)99-91(129)70(55(6)105)44-68(110)46-95-86(124)60(25-30-82(118)119)37-69(111)50-132-49-67(109)20-13-10-16-32-102-81(117)51-133-93(102)131/h9,11-12,18-19,21-24,26-29,52-56,60-64,70-75,85,103-108H,8,10,13-17,20,25,30-51,94H2,1-7H3,(H,95,124)(H,96,125)(H,97,126)(H,98,127)(H,99,129)(H,100,130)(H,101,128)(H,118,119)(H,120,121)(H,122,123)/t53-,54+,55+,56+,60+,61+,62-,63-,64-,70-,71-,72-,73-,74-,75-,85-/m0/s1. The number of carbonyl (C=O) groups is 20. The summed E-state index contributed by atoms with van der Waals surface area (Å²) in [4.78, 5) is 272. The highest BCUT2D eigenvalue weighted by molar-refractivity contribution is 8.14. The Morgan fingerprint density at radius 1 is 0.444 bits per heavy atom. The predicted molar refractivity (Wildman–Crippen MR) is 487 cm³/mol. The maximum atomic E-state index is 14.9. The number of carboxylic acids is 3. The van der Waals surface area contributed by atoms with E-state index in [0.29, 0.717) is 56.2 Å². The molecule has 38 nitrogen and oxygen atoms in total. The van der Waals surface area contributed by atoms with Gasteiger partial charge in [-0.3, -0.25) is 101 Å². The Balaban J connectivity index is 1.51. The Hall–Kier alpha value is -11.0. The zero-order chi connectivity index (χ0) is 99.3. The highest BCUT2D eigenvalue weighted by Gasteiger charge is 2.41. The number of aliphatic hydroxyl groups is 4. The van der Waals surface area contributed by atoms with Crippen LogP contribution in [-0.4, -0.2) is 266 Å². The van der Waals surface area contributed by atoms with Crippen molar-refractivity contribution in [2.75, 3.05) is 50.1 Å². The second-order valence-electron chi connectivity index (χ2n) is 34.5. The number of aromatic hydroxyl groups is 2. The third-order valence-corrected chi connectivity index (χ3v) is 24.8. The summed E-state index contributed by atoms with van der Waals surface area (Å²) < 4.78 is 0. The second kappa shape index (κ2) is 59.6. The van der Waals surface area contributed by atoms with Crippen molar-refractivity contribution >= 4 is 140 Å². The lowest BCUT2D eigenvalue weighted by molar-refractivity contribution is -0.143. The normalized spacial score (nSPS) is 15.6. The SMILES string of the molecule is CC[C@H](C)[C@H](NC(=O)[C@H](CO)CC(=O)[C@H](Cc1ccc(O)cc1)NC(=O)[C@H](CC(=O)O)CC(=O)[C@H](CO)NC(=O)[C@@H](CC(=O)[C@H](Cc1ccccc1)NC(=O)[C@@H](CC(=O)CNC(=O)[C@H](CCC(=O)O)CC(=O)CSCC(=O)CCCCCN1C(=O)CSC1=O)[C@@H](C)O)[C@@H](C)O)C(=O)C[C@@H](Cc1ccc(O)cc1)C(=O)N[C@@H](CC(C)C)C(=O)C[C@@H](CC(=O)O)C(=O)N[C@H](C)CCCCN. The van der Waals surface area contributed by atoms with E-state index in [0.717, 1.165) is 37.4 Å². The molecule has 4 rings (SSSR count). The zero-order valence-corrected chi connectivity index (χ0v) is 77.9. The molecule has 0 radical (unpaired) electrons. The van der Waals surface area contributed by atoms with E-state index in [4.69, 9.17) is 5.73 Å². The monoisotopic (exact) mass is 1900 g/mol. The van der Waals surface area contributed by atoms with Crippen LogP contribution in [0.3, 0.4) is 0 Å². The molecule has 3 aromatic rings. The van der Waals surface area contributed by atoms with Gasteiger partial charge in [-0.25, -0.2) is 0 Å². The van der Waals surface area contributed by atoms with Gasteiger partial charge in [0.2, 0.25) is 47.3 Å². The number of benzene rings is 3. The molecule has 1 heterocycles. The molecule has 3 aromatic carbocycles. The summed E-state index contributed by atoms with van der Waals surface area (Å²) in [5.74, 6) is -30.1. The van der Waals surface area contributed by atoms with Crippen molar-refractivity contribution in [3.05, 3.63) is 95.6 Å². The van der Waals surface area contributed by atoms with Crippen molar-refractivity contribution in [1.29, 1.82) is 0 Å². The van der Waals surface area contributed by atoms with E-state index < -0.39 is 286 Å². The van der Waals surface area contributed by atoms with Gasteiger partial charge in [0.05, 0.1) is 116 Å². The highest BCUT2D eigenvalue weighted by atomic mass is 32.2. The molecule has 133 heavy (non-hydrogen) atoms. The van der Waals surface area contributed by atoms with Gasteiger partial charge < -0.3 is 88.9 Å². The van der Waals surface area contributed by atoms with Crippen LogP contribution in [0.15, 0.2) is 78.9 Å². The van der Waals surface area contributed by atoms with Gasteiger partial charge in [-0.15, -0.1) is 11.8 Å². The molecule has 0 aromatic heterocycles. The third-order valence-electron chi connectivity index (χ3n) is 22.9. The molecule has 1 saturated heterocycles. The number of hydrogen-bond donors (Lipinski definition) is 17. The number of phenols is 2. The first-order valence-corrected chi connectivity index (χ1v) is 46.9. The quantitative estimate of drug-likeness (QED) is 0.0359. The van der Waals surface area contributed by atoms with Gasteiger partial charge in [-0.05, 0) is 138 Å². The van der Waals surface area contributed by atoms with Crippen LogP contribution in [-0.2, 0) is 110 Å². The molecule has 0 spiro atoms. The fourth-order valence-corrected chi connectivity index (χ4v) is 16.5. The molecule has 0 unspecified atom stereocenters. The Kier molecular flexibility index (Phi) is 51.2. The largest absolute Gasteiger partial charge is 0.508 e. The van der Waals surface area contributed by atoms with E-state index in [2.05, 4.69) is 37.2 Å². The molecule has 734 valence electrons. The number of phenolic OH excluding ortho intramolecular Hbond substituents is 2. The lowest BCUT2D eigenvalue weighted by Crippen LogP contribution is -2.52. The molecular weight excluding hydrogens is 1770 g/mol. The summed E-state index contributed by atoms with van der Waals surface area (Å²) in [5.41, 5.74) is 6.77. The second-order valence-corrected chi connectivity index (χ2v) is 36.5. The van der Waals surface area contributed by atoms with Crippen LogP contribution in [0.1, 0.15) is 194 Å². The predicted octanol–water partition coefficient (Wildman–Crippen LogP) is 3.54. The van der Waals surface area contributed by atoms with Crippen LogP contribution in [0.5, 0.6) is 11.5 Å². The van der Waals surface area contributed by atoms with Crippen LogP contribution < -0.4 is 43.0 Å². The molecule has 16 atom stereocenters. The molecule has 9 amide bonds. The van der Waals surface area contributed by atoms with Crippen LogP contribution in [0.4, 0.5) is 4.79 Å². The minimum absolute atomic E-state index is 0.0239. The smallest absolute Gasteiger partial charge is 0.304 e. The average molecular weight is 1900 g/mol. The number of amides is 9. The summed E-state index contributed by atoms with van der Waals surface area (Å²) in [7, 11) is 0. The summed E-state index contributed by atoms with van der Waals surface area (Å²) in [6, 6.07) is 10.4. The molecule has 0 bridgehead atoms. The van der Waals surface area contributed by atoms with Crippen LogP contribution >= 0.6 is 23.5 Å². The van der Waals surface area contributed by atoms with E-state index in [-0.39, 0.29) is 102 Å². The van der Waals surface area contributed by atoms with Gasteiger partial charge in [0.15, 0.2) is 34.7 Å². The van der Waals surface area contributed by atoms with Crippen molar-refractivity contribution in [3.63, 3.8) is 0 Å². The first-order valence-electron chi connectivity index (χ1n) is 44.7. The fourth-order valence-electron chi connectivity index (χ4n) is 14.9. The number of aliphatic hydroxyl groups excluding tert-OH is 4. The highest BCUT2D eigenvalue weighted by Crippen LogP contribution is 2.28. The Labute approximate surface area is 780 Å². The number of ketones is 8. The van der Waals surface area contributed by atoms with Gasteiger partial charge in [-0.1, -0.05) is 113 Å². The van der Waals surface area contributed by atoms with Crippen molar-refractivity contribution in [3.8, 4) is 11.5 Å². The minimum Gasteiger partial charge on any atom is -0.508 e. The maximum absolute atomic E-state index is 14.9. The number of Topliss-reactive ketones (excluding diaryl/α,β-unsaturated/α-hetero) is 8. The molecule has 1 aliphatic rings. The molecule has 40 heteroatoms. The number of nitrogens with two attached hydrogens (primary N) is 1. The van der Waals surface area contributed by atoms with Gasteiger partial charge in [0.1, 0.15) is 29.1 Å². The average Bonchev–Trinajstić information content (AvgIpc) is 1.54. The van der Waals surface area contributed by atoms with Crippen LogP contribution in [0, 0.1) is 53.3 Å². The lowest BCUT2D eigenvalue weighted by Gasteiger charge is -2.28. The molecular formula is C93H131N9O29S2. The number of aliphatic carboxylic acids is 3. The van der Waals surface area contributed by atoms with E-state index in [1.165, 1.54) is 53.4 Å². The Bertz CT molecular complexity index is 4440. The number of nitrogens with one attached hydrogen (secondary N) is 7. The first kappa shape index (κ1) is 114. The summed E-state index contributed by atoms with van der Waals surface area (Å²) in [6.07, 6.45) is -8.46. The van der Waals surface area contributed by atoms with Crippen molar-refractivity contribution in [2.45, 2.75) is 245 Å². The zero-order valence-electron chi connectivity index (χ0n) is 76.3. The number of nitrogens with zero attached hydrogens (tertiary/aromatic N) is 1. The fraction of sp³-hybridized carbons (Fsp3) is 0.591. The Morgan fingerprint density at radius 2 is 0.925 bits per heavy atom. The minimum atomic E-state index is -1.99. The topological polar surface area (TPSA) is 637 Å². The third kappa shape index (κ3) is 42.4. The van der Waals surface area contributed by atoms with Crippen molar-refractivity contribution in [2.24, 2.45) is 59.0 Å². The van der Waals surface area contributed by atoms with E-state index in [1.807, 2.05) is 0 Å². The number of imide groups is 1. The summed E-state index contributed by atoms with van der Waals surface area (Å²) in [6.45, 7) is 8.39. The number of carbonyl (C=O) groups excluding carboxylic acids is 17. The number of hydrogen-bond acceptors (Lipinski definition) is 29. The van der Waals surface area contributed by atoms with Crippen LogP contribution in [0.25, 0.3) is 0 Å². The number of thioether (sulfide) groups is 2. The van der Waals surface area contributed by atoms with Gasteiger partial charge in [0, 0.05) is 82.2 Å². The van der Waals surface area contributed by atoms with Crippen LogP contribution in [0.2, 0.25) is 0 Å². The van der Waals surface area contributed by atoms with E-state index in [9.17, 15) is 142 Å². The first-order chi connectivity index (χ1) is 62.9. The van der Waals surface area contributed by atoms with E-state index in [1.54, 1.807) is 65.0 Å². The van der Waals surface area contributed by atoms with Gasteiger partial charge in [-0.2, -0.15) is 0 Å². The molecule has 0 saturated carbocycles. The summed E-state index contributed by atoms with van der Waals surface area (Å²) >= 11 is 1.91. The maximum Gasteiger partial charge on any atom is 0.304 e. The molecule has 18 N–H and O–H groups in total. The molecule has 1 aliphatic heterocycles. The van der Waals surface area contributed by atoms with Crippen molar-refractivity contribution < 1.29 is 142 Å². The molecule has 1 fully saturated rings. The van der Waals surface area contributed by atoms with Crippen molar-refractivity contribution in [1.82, 2.24) is 42.1 Å². The van der Waals surface area contributed by atoms with Gasteiger partial charge >= 0.3 is 17.9 Å². The molecule has 0 aliphatic carbocycles. The number of carboxylic acid groups (broad SMARTS) is 3. The number of rotatable bonds is 69. The Morgan fingerprint density at radius 3 is 1.44 bits per heavy atom. The summed E-state index contributed by atoms with van der Waals surface area (Å²) in [5, 5.41) is 111. The van der Waals surface area contributed by atoms with Gasteiger partial charge in [0.25, 0.3) is 5.24 Å². The number of unbranched alkanes of at least 4 members (excludes halogenated alkanes) is 3. The lowest BCUT2D eigenvalue weighted by atomic mass is 9.85. The van der Waals surface area contributed by atoms with E-state index >= 15 is 0 Å².